The average Bonchev–Trinajstić information content (AvgIpc) is 2.33. The van der Waals surface area contributed by atoms with E-state index in [1.54, 1.807) is 0 Å². The molecule has 0 aliphatic carbocycles. The van der Waals surface area contributed by atoms with Crippen molar-refractivity contribution in [2.45, 2.75) is 78.6 Å². The molecule has 0 atom stereocenters. The molecule has 0 aliphatic rings. The van der Waals surface area contributed by atoms with E-state index in [-0.39, 0.29) is 16.2 Å². The number of nitrogens with zero attached hydrogens (tertiary/aromatic N) is 3. The number of aromatic nitrogens is 3. The van der Waals surface area contributed by atoms with E-state index in [0.717, 1.165) is 22.6 Å². The highest BCUT2D eigenvalue weighted by atomic mass is 14.9. The van der Waals surface area contributed by atoms with Crippen molar-refractivity contribution in [3.63, 3.8) is 0 Å². The molecule has 0 spiro atoms. The molecule has 0 amide bonds. The van der Waals surface area contributed by atoms with Gasteiger partial charge in [0.25, 0.3) is 0 Å². The molecule has 0 unspecified atom stereocenters. The Morgan fingerprint density at radius 2 is 1.18 bits per heavy atom. The Morgan fingerprint density at radius 3 is 1.64 bits per heavy atom. The number of hydrogen-bond acceptors (Lipinski definition) is 3. The zero-order chi connectivity index (χ0) is 16.9. The minimum absolute atomic E-state index is 0.00634. The third-order valence-electron chi connectivity index (χ3n) is 3.86. The summed E-state index contributed by atoms with van der Waals surface area (Å²) in [5.41, 5.74) is 4.95. The minimum Gasteiger partial charge on any atom is -0.251 e. The van der Waals surface area contributed by atoms with Crippen LogP contribution in [0.15, 0.2) is 12.3 Å². The molecule has 0 N–H and O–H groups in total. The number of fused-ring (bicyclic) bond motifs is 1. The summed E-state index contributed by atoms with van der Waals surface area (Å²) in [4.78, 5) is 14.4. The molecule has 22 heavy (non-hydrogen) atoms. The predicted molar refractivity (Wildman–Crippen MR) is 93.4 cm³/mol. The third kappa shape index (κ3) is 3.29. The summed E-state index contributed by atoms with van der Waals surface area (Å²) in [7, 11) is 0. The van der Waals surface area contributed by atoms with Crippen LogP contribution in [0.4, 0.5) is 0 Å². The molecule has 0 saturated carbocycles. The van der Waals surface area contributed by atoms with Gasteiger partial charge in [0.15, 0.2) is 5.65 Å². The Hall–Kier alpha value is -1.51. The van der Waals surface area contributed by atoms with Gasteiger partial charge in [-0.15, -0.1) is 0 Å². The predicted octanol–water partition coefficient (Wildman–Crippen LogP) is 4.92. The SMILES string of the molecule is CC(C)(C)c1cnc2c(C(C)(C)C)cc(C(C)(C)C)nc2n1. The molecular weight excluding hydrogens is 270 g/mol. The molecule has 0 radical (unpaired) electrons. The Bertz CT molecular complexity index is 690. The van der Waals surface area contributed by atoms with Crippen LogP contribution in [0, 0.1) is 0 Å². The second-order valence-electron chi connectivity index (χ2n) is 9.23. The smallest absolute Gasteiger partial charge is 0.179 e. The van der Waals surface area contributed by atoms with Crippen LogP contribution in [-0.4, -0.2) is 15.0 Å². The van der Waals surface area contributed by atoms with Gasteiger partial charge in [0.2, 0.25) is 0 Å². The van der Waals surface area contributed by atoms with Crippen molar-refractivity contribution in [2.24, 2.45) is 0 Å². The van der Waals surface area contributed by atoms with Crippen LogP contribution in [0.5, 0.6) is 0 Å². The van der Waals surface area contributed by atoms with Crippen molar-refractivity contribution in [3.05, 3.63) is 29.2 Å². The lowest BCUT2D eigenvalue weighted by molar-refractivity contribution is 0.552. The van der Waals surface area contributed by atoms with E-state index >= 15 is 0 Å². The highest BCUT2D eigenvalue weighted by Crippen LogP contribution is 2.32. The summed E-state index contributed by atoms with van der Waals surface area (Å²) in [6, 6.07) is 2.20. The zero-order valence-corrected chi connectivity index (χ0v) is 15.5. The fraction of sp³-hybridized carbons (Fsp3) is 0.632. The van der Waals surface area contributed by atoms with E-state index in [0.29, 0.717) is 0 Å². The molecule has 2 rings (SSSR count). The molecule has 0 fully saturated rings. The standard InChI is InChI=1S/C19H29N3/c1-17(2,3)12-10-13(18(4,5)6)21-16-15(12)20-11-14(22-16)19(7,8)9/h10-11H,1-9H3. The quantitative estimate of drug-likeness (QED) is 0.693. The Balaban J connectivity index is 2.83. The first kappa shape index (κ1) is 16.9. The maximum Gasteiger partial charge on any atom is 0.179 e. The van der Waals surface area contributed by atoms with Crippen LogP contribution >= 0.6 is 0 Å². The van der Waals surface area contributed by atoms with Gasteiger partial charge in [0, 0.05) is 22.7 Å². The van der Waals surface area contributed by atoms with Crippen molar-refractivity contribution in [1.29, 1.82) is 0 Å². The Kier molecular flexibility index (Phi) is 3.83. The third-order valence-corrected chi connectivity index (χ3v) is 3.86. The summed E-state index contributed by atoms with van der Waals surface area (Å²) in [6.45, 7) is 19.7. The molecule has 3 nitrogen and oxygen atoms in total. The fourth-order valence-corrected chi connectivity index (χ4v) is 2.32. The molecular formula is C19H29N3. The molecule has 0 aliphatic heterocycles. The Morgan fingerprint density at radius 1 is 0.682 bits per heavy atom. The van der Waals surface area contributed by atoms with E-state index < -0.39 is 0 Å². The summed E-state index contributed by atoms with van der Waals surface area (Å²) >= 11 is 0. The molecule has 3 heteroatoms. The van der Waals surface area contributed by atoms with Crippen LogP contribution < -0.4 is 0 Å². The van der Waals surface area contributed by atoms with E-state index in [9.17, 15) is 0 Å². The van der Waals surface area contributed by atoms with E-state index in [2.05, 4.69) is 68.4 Å². The normalized spacial score (nSPS) is 13.7. The van der Waals surface area contributed by atoms with Crippen LogP contribution in [0.2, 0.25) is 0 Å². The lowest BCUT2D eigenvalue weighted by Crippen LogP contribution is -2.21. The van der Waals surface area contributed by atoms with Gasteiger partial charge in [-0.05, 0) is 17.0 Å². The Labute approximate surface area is 134 Å². The largest absolute Gasteiger partial charge is 0.251 e. The molecule has 2 aromatic heterocycles. The highest BCUT2D eigenvalue weighted by Gasteiger charge is 2.25. The molecule has 0 aromatic carbocycles. The van der Waals surface area contributed by atoms with Gasteiger partial charge in [-0.25, -0.2) is 9.97 Å². The lowest BCUT2D eigenvalue weighted by Gasteiger charge is -2.26. The van der Waals surface area contributed by atoms with Gasteiger partial charge in [-0.3, -0.25) is 4.98 Å². The number of hydrogen-bond donors (Lipinski definition) is 0. The van der Waals surface area contributed by atoms with Crippen molar-refractivity contribution < 1.29 is 0 Å². The maximum atomic E-state index is 4.82. The number of pyridine rings is 1. The monoisotopic (exact) mass is 299 g/mol. The summed E-state index contributed by atoms with van der Waals surface area (Å²) in [6.07, 6.45) is 1.90. The first-order chi connectivity index (χ1) is 9.80. The van der Waals surface area contributed by atoms with Gasteiger partial charge in [0.05, 0.1) is 5.69 Å². The maximum absolute atomic E-state index is 4.82. The van der Waals surface area contributed by atoms with Crippen LogP contribution in [0.25, 0.3) is 11.2 Å². The molecule has 120 valence electrons. The first-order valence-corrected chi connectivity index (χ1v) is 7.99. The van der Waals surface area contributed by atoms with Crippen molar-refractivity contribution in [3.8, 4) is 0 Å². The van der Waals surface area contributed by atoms with E-state index in [1.165, 1.54) is 5.56 Å². The zero-order valence-electron chi connectivity index (χ0n) is 15.5. The van der Waals surface area contributed by atoms with Gasteiger partial charge in [-0.2, -0.15) is 0 Å². The minimum atomic E-state index is -0.0253. The van der Waals surface area contributed by atoms with Crippen molar-refractivity contribution in [1.82, 2.24) is 15.0 Å². The number of rotatable bonds is 0. The highest BCUT2D eigenvalue weighted by molar-refractivity contribution is 5.76. The lowest BCUT2D eigenvalue weighted by atomic mass is 9.83. The average molecular weight is 299 g/mol. The van der Waals surface area contributed by atoms with E-state index in [4.69, 9.17) is 15.0 Å². The van der Waals surface area contributed by atoms with Gasteiger partial charge in [-0.1, -0.05) is 62.3 Å². The van der Waals surface area contributed by atoms with E-state index in [1.807, 2.05) is 6.20 Å². The summed E-state index contributed by atoms with van der Waals surface area (Å²) in [5.74, 6) is 0. The summed E-state index contributed by atoms with van der Waals surface area (Å²) < 4.78 is 0. The fourth-order valence-electron chi connectivity index (χ4n) is 2.32. The van der Waals surface area contributed by atoms with Gasteiger partial charge >= 0.3 is 0 Å². The summed E-state index contributed by atoms with van der Waals surface area (Å²) in [5, 5.41) is 0. The second-order valence-corrected chi connectivity index (χ2v) is 9.23. The van der Waals surface area contributed by atoms with Crippen LogP contribution in [0.3, 0.4) is 0 Å². The molecule has 2 heterocycles. The topological polar surface area (TPSA) is 38.7 Å². The van der Waals surface area contributed by atoms with Crippen molar-refractivity contribution in [2.75, 3.05) is 0 Å². The van der Waals surface area contributed by atoms with Crippen molar-refractivity contribution >= 4 is 11.2 Å². The molecule has 2 aromatic rings. The van der Waals surface area contributed by atoms with Crippen LogP contribution in [-0.2, 0) is 16.2 Å². The van der Waals surface area contributed by atoms with Crippen LogP contribution in [0.1, 0.15) is 79.3 Å². The molecule has 0 bridgehead atoms. The second kappa shape index (κ2) is 5.00. The molecule has 0 saturated heterocycles. The van der Waals surface area contributed by atoms with Gasteiger partial charge in [0.1, 0.15) is 5.52 Å². The first-order valence-electron chi connectivity index (χ1n) is 7.99. The van der Waals surface area contributed by atoms with Gasteiger partial charge < -0.3 is 0 Å².